The molecule has 0 saturated heterocycles. The van der Waals surface area contributed by atoms with Gasteiger partial charge in [-0.25, -0.2) is 0 Å². The molecule has 1 amide bonds. The summed E-state index contributed by atoms with van der Waals surface area (Å²) in [5.74, 6) is 0.430. The van der Waals surface area contributed by atoms with Crippen LogP contribution in [-0.2, 0) is 11.3 Å². The second kappa shape index (κ2) is 5.21. The number of thiophene rings is 1. The minimum Gasteiger partial charge on any atom is -0.351 e. The number of hydrogen-bond donors (Lipinski definition) is 1. The van der Waals surface area contributed by atoms with Crippen LogP contribution in [0, 0.1) is 11.3 Å². The number of carbonyl (C=O) groups excluding carboxylic acids is 1. The minimum atomic E-state index is 0.164. The van der Waals surface area contributed by atoms with Crippen molar-refractivity contribution in [2.75, 3.05) is 0 Å². The highest BCUT2D eigenvalue weighted by molar-refractivity contribution is 7.09. The largest absolute Gasteiger partial charge is 0.351 e. The zero-order valence-corrected chi connectivity index (χ0v) is 11.5. The SMILES string of the molecule is CC1(C)CCCC[C@@H]1C(=O)NCc1cccs1. The van der Waals surface area contributed by atoms with E-state index in [4.69, 9.17) is 0 Å². The molecule has 17 heavy (non-hydrogen) atoms. The summed E-state index contributed by atoms with van der Waals surface area (Å²) in [5, 5.41) is 5.13. The molecule has 0 bridgehead atoms. The first kappa shape index (κ1) is 12.6. The van der Waals surface area contributed by atoms with Crippen LogP contribution >= 0.6 is 11.3 Å². The molecule has 0 unspecified atom stereocenters. The van der Waals surface area contributed by atoms with Gasteiger partial charge in [-0.05, 0) is 29.7 Å². The molecule has 3 heteroatoms. The number of hydrogen-bond acceptors (Lipinski definition) is 2. The van der Waals surface area contributed by atoms with Gasteiger partial charge < -0.3 is 5.32 Å². The Balaban J connectivity index is 1.90. The van der Waals surface area contributed by atoms with Crippen molar-refractivity contribution in [1.29, 1.82) is 0 Å². The second-order valence-electron chi connectivity index (χ2n) is 5.58. The molecule has 0 spiro atoms. The van der Waals surface area contributed by atoms with Gasteiger partial charge in [0, 0.05) is 10.8 Å². The molecule has 94 valence electrons. The van der Waals surface area contributed by atoms with Crippen molar-refractivity contribution in [3.8, 4) is 0 Å². The molecule has 1 N–H and O–H groups in total. The molecular formula is C14H21NOS. The van der Waals surface area contributed by atoms with Gasteiger partial charge in [0.15, 0.2) is 0 Å². The van der Waals surface area contributed by atoms with Crippen LogP contribution in [0.5, 0.6) is 0 Å². The Morgan fingerprint density at radius 2 is 2.35 bits per heavy atom. The van der Waals surface area contributed by atoms with E-state index in [9.17, 15) is 4.79 Å². The predicted octanol–water partition coefficient (Wildman–Crippen LogP) is 3.58. The maximum Gasteiger partial charge on any atom is 0.223 e. The Hall–Kier alpha value is -0.830. The third-order valence-electron chi connectivity index (χ3n) is 3.84. The van der Waals surface area contributed by atoms with E-state index in [-0.39, 0.29) is 17.2 Å². The van der Waals surface area contributed by atoms with Crippen LogP contribution in [0.2, 0.25) is 0 Å². The normalized spacial score (nSPS) is 23.3. The minimum absolute atomic E-state index is 0.164. The van der Waals surface area contributed by atoms with Crippen molar-refractivity contribution < 1.29 is 4.79 Å². The van der Waals surface area contributed by atoms with Gasteiger partial charge in [0.2, 0.25) is 5.91 Å². The maximum atomic E-state index is 12.2. The Labute approximate surface area is 107 Å². The fourth-order valence-electron chi connectivity index (χ4n) is 2.69. The van der Waals surface area contributed by atoms with E-state index in [0.717, 1.165) is 6.42 Å². The van der Waals surface area contributed by atoms with Gasteiger partial charge in [-0.3, -0.25) is 4.79 Å². The fraction of sp³-hybridized carbons (Fsp3) is 0.643. The highest BCUT2D eigenvalue weighted by atomic mass is 32.1. The molecular weight excluding hydrogens is 230 g/mol. The molecule has 1 aromatic rings. The Morgan fingerprint density at radius 3 is 3.00 bits per heavy atom. The standard InChI is InChI=1S/C14H21NOS/c1-14(2)8-4-3-7-12(14)13(16)15-10-11-6-5-9-17-11/h5-6,9,12H,3-4,7-8,10H2,1-2H3,(H,15,16)/t12-/m1/s1. The monoisotopic (exact) mass is 251 g/mol. The van der Waals surface area contributed by atoms with Gasteiger partial charge in [-0.2, -0.15) is 0 Å². The van der Waals surface area contributed by atoms with Crippen LogP contribution in [0.4, 0.5) is 0 Å². The molecule has 0 radical (unpaired) electrons. The lowest BCUT2D eigenvalue weighted by atomic mass is 9.68. The van der Waals surface area contributed by atoms with Crippen molar-refractivity contribution in [3.63, 3.8) is 0 Å². The lowest BCUT2D eigenvalue weighted by Gasteiger charge is -2.37. The van der Waals surface area contributed by atoms with Crippen molar-refractivity contribution in [3.05, 3.63) is 22.4 Å². The first-order valence-corrected chi connectivity index (χ1v) is 7.28. The molecule has 2 nitrogen and oxygen atoms in total. The third-order valence-corrected chi connectivity index (χ3v) is 4.72. The van der Waals surface area contributed by atoms with E-state index in [2.05, 4.69) is 25.2 Å². The van der Waals surface area contributed by atoms with Crippen LogP contribution in [-0.4, -0.2) is 5.91 Å². The third kappa shape index (κ3) is 3.09. The molecule has 2 rings (SSSR count). The van der Waals surface area contributed by atoms with Crippen LogP contribution in [0.25, 0.3) is 0 Å². The number of carbonyl (C=O) groups is 1. The summed E-state index contributed by atoms with van der Waals surface area (Å²) in [6.45, 7) is 5.13. The van der Waals surface area contributed by atoms with Crippen LogP contribution in [0.3, 0.4) is 0 Å². The zero-order valence-electron chi connectivity index (χ0n) is 10.7. The van der Waals surface area contributed by atoms with E-state index in [1.54, 1.807) is 11.3 Å². The molecule has 1 aromatic heterocycles. The lowest BCUT2D eigenvalue weighted by molar-refractivity contribution is -0.130. The lowest BCUT2D eigenvalue weighted by Crippen LogP contribution is -2.40. The van der Waals surface area contributed by atoms with Gasteiger partial charge in [0.25, 0.3) is 0 Å². The Morgan fingerprint density at radius 1 is 1.53 bits per heavy atom. The van der Waals surface area contributed by atoms with Gasteiger partial charge in [0.1, 0.15) is 0 Å². The van der Waals surface area contributed by atoms with E-state index >= 15 is 0 Å². The van der Waals surface area contributed by atoms with Crippen molar-refractivity contribution in [2.45, 2.75) is 46.1 Å². The summed E-state index contributed by atoms with van der Waals surface area (Å²) in [6, 6.07) is 4.09. The first-order chi connectivity index (χ1) is 8.09. The van der Waals surface area contributed by atoms with Gasteiger partial charge in [0.05, 0.1) is 6.54 Å². The maximum absolute atomic E-state index is 12.2. The average molecular weight is 251 g/mol. The Bertz CT molecular complexity index is 370. The van der Waals surface area contributed by atoms with E-state index in [1.165, 1.54) is 24.1 Å². The molecule has 1 atom stereocenters. The smallest absolute Gasteiger partial charge is 0.223 e. The highest BCUT2D eigenvalue weighted by Gasteiger charge is 2.36. The predicted molar refractivity (Wildman–Crippen MR) is 71.9 cm³/mol. The number of amides is 1. The quantitative estimate of drug-likeness (QED) is 0.874. The molecule has 1 aliphatic rings. The van der Waals surface area contributed by atoms with Crippen molar-refractivity contribution >= 4 is 17.2 Å². The number of nitrogens with one attached hydrogen (secondary N) is 1. The van der Waals surface area contributed by atoms with E-state index in [0.29, 0.717) is 6.54 Å². The molecule has 1 heterocycles. The van der Waals surface area contributed by atoms with Gasteiger partial charge in [-0.15, -0.1) is 11.3 Å². The molecule has 1 aliphatic carbocycles. The van der Waals surface area contributed by atoms with E-state index < -0.39 is 0 Å². The summed E-state index contributed by atoms with van der Waals surface area (Å²) >= 11 is 1.70. The summed E-state index contributed by atoms with van der Waals surface area (Å²) in [5.41, 5.74) is 0.164. The Kier molecular flexibility index (Phi) is 3.87. The summed E-state index contributed by atoms with van der Waals surface area (Å²) in [4.78, 5) is 13.4. The summed E-state index contributed by atoms with van der Waals surface area (Å²) < 4.78 is 0. The van der Waals surface area contributed by atoms with Gasteiger partial charge >= 0.3 is 0 Å². The second-order valence-corrected chi connectivity index (χ2v) is 6.62. The van der Waals surface area contributed by atoms with Crippen molar-refractivity contribution in [1.82, 2.24) is 5.32 Å². The number of rotatable bonds is 3. The molecule has 0 aliphatic heterocycles. The van der Waals surface area contributed by atoms with Crippen LogP contribution in [0.1, 0.15) is 44.4 Å². The summed E-state index contributed by atoms with van der Waals surface area (Å²) in [7, 11) is 0. The van der Waals surface area contributed by atoms with Crippen LogP contribution in [0.15, 0.2) is 17.5 Å². The fourth-order valence-corrected chi connectivity index (χ4v) is 3.34. The zero-order chi connectivity index (χ0) is 12.3. The van der Waals surface area contributed by atoms with Crippen molar-refractivity contribution in [2.24, 2.45) is 11.3 Å². The van der Waals surface area contributed by atoms with E-state index in [1.807, 2.05) is 11.4 Å². The summed E-state index contributed by atoms with van der Waals surface area (Å²) in [6.07, 6.45) is 4.68. The molecule has 1 fully saturated rings. The molecule has 1 saturated carbocycles. The molecule has 0 aromatic carbocycles. The first-order valence-electron chi connectivity index (χ1n) is 6.40. The highest BCUT2D eigenvalue weighted by Crippen LogP contribution is 2.40. The average Bonchev–Trinajstić information content (AvgIpc) is 2.78. The topological polar surface area (TPSA) is 29.1 Å². The van der Waals surface area contributed by atoms with Crippen LogP contribution < -0.4 is 5.32 Å². The van der Waals surface area contributed by atoms with Gasteiger partial charge in [-0.1, -0.05) is 32.8 Å².